The Kier molecular flexibility index (Phi) is 1.16. The van der Waals surface area contributed by atoms with Crippen molar-refractivity contribution in [1.29, 1.82) is 0 Å². The molecule has 0 saturated carbocycles. The Labute approximate surface area is 55.3 Å². The van der Waals surface area contributed by atoms with Gasteiger partial charge in [0, 0.05) is 13.2 Å². The van der Waals surface area contributed by atoms with E-state index in [-0.39, 0.29) is 0 Å². The third-order valence-corrected chi connectivity index (χ3v) is 3.90. The molecule has 2 aliphatic heterocycles. The molecule has 0 radical (unpaired) electrons. The summed E-state index contributed by atoms with van der Waals surface area (Å²) in [5.74, 6) is 0. The summed E-state index contributed by atoms with van der Waals surface area (Å²) in [6, 6.07) is 0. The van der Waals surface area contributed by atoms with E-state index in [9.17, 15) is 0 Å². The Balaban J connectivity index is 2.13. The maximum atomic E-state index is 5.48. The third kappa shape index (κ3) is 0.919. The second-order valence-electron chi connectivity index (χ2n) is 2.55. The first kappa shape index (κ1) is 5.85. The fourth-order valence-electron chi connectivity index (χ4n) is 1.21. The van der Waals surface area contributed by atoms with Crippen LogP contribution in [0.4, 0.5) is 0 Å². The fourth-order valence-corrected chi connectivity index (χ4v) is 3.20. The standard InChI is InChI=1S/C5H10O3Si/c1-9-6-3-2-5(8-9)4-7-9/h5H,2-4H2,1H3. The summed E-state index contributed by atoms with van der Waals surface area (Å²) in [6.45, 7) is 3.53. The largest absolute Gasteiger partial charge is 0.498 e. The van der Waals surface area contributed by atoms with E-state index in [0.29, 0.717) is 6.10 Å². The average Bonchev–Trinajstić information content (AvgIpc) is 2.07. The minimum absolute atomic E-state index is 0.343. The molecule has 0 spiro atoms. The summed E-state index contributed by atoms with van der Waals surface area (Å²) in [6.07, 6.45) is 1.35. The second-order valence-corrected chi connectivity index (χ2v) is 5.09. The first-order valence-corrected chi connectivity index (χ1v) is 5.47. The maximum Gasteiger partial charge on any atom is 0.498 e. The van der Waals surface area contributed by atoms with Crippen molar-refractivity contribution in [1.82, 2.24) is 0 Å². The van der Waals surface area contributed by atoms with Crippen LogP contribution in [0.15, 0.2) is 0 Å². The Morgan fingerprint density at radius 2 is 2.33 bits per heavy atom. The summed E-state index contributed by atoms with van der Waals surface area (Å²) in [5, 5.41) is 0. The van der Waals surface area contributed by atoms with Gasteiger partial charge in [-0.1, -0.05) is 0 Å². The lowest BCUT2D eigenvalue weighted by molar-refractivity contribution is 0.0758. The van der Waals surface area contributed by atoms with Crippen molar-refractivity contribution in [2.24, 2.45) is 0 Å². The van der Waals surface area contributed by atoms with Crippen molar-refractivity contribution in [2.45, 2.75) is 19.1 Å². The van der Waals surface area contributed by atoms with Crippen molar-refractivity contribution < 1.29 is 13.3 Å². The van der Waals surface area contributed by atoms with E-state index in [1.807, 2.05) is 6.55 Å². The molecule has 52 valence electrons. The van der Waals surface area contributed by atoms with Crippen LogP contribution in [0.25, 0.3) is 0 Å². The molecule has 0 aromatic carbocycles. The Morgan fingerprint density at radius 3 is 3.00 bits per heavy atom. The van der Waals surface area contributed by atoms with Gasteiger partial charge in [0.2, 0.25) is 0 Å². The van der Waals surface area contributed by atoms with Gasteiger partial charge in [-0.25, -0.2) is 0 Å². The van der Waals surface area contributed by atoms with Crippen molar-refractivity contribution in [3.63, 3.8) is 0 Å². The molecule has 2 atom stereocenters. The van der Waals surface area contributed by atoms with Gasteiger partial charge in [-0.05, 0) is 6.42 Å². The molecule has 9 heavy (non-hydrogen) atoms. The van der Waals surface area contributed by atoms with E-state index in [1.165, 1.54) is 0 Å². The first-order valence-electron chi connectivity index (χ1n) is 3.24. The Hall–Kier alpha value is 0.0969. The van der Waals surface area contributed by atoms with Gasteiger partial charge in [-0.15, -0.1) is 0 Å². The Morgan fingerprint density at radius 1 is 1.44 bits per heavy atom. The van der Waals surface area contributed by atoms with Crippen LogP contribution in [0.5, 0.6) is 0 Å². The molecule has 0 amide bonds. The highest BCUT2D eigenvalue weighted by molar-refractivity contribution is 6.59. The first-order chi connectivity index (χ1) is 4.29. The lowest BCUT2D eigenvalue weighted by Crippen LogP contribution is -2.41. The van der Waals surface area contributed by atoms with E-state index in [2.05, 4.69) is 0 Å². The normalized spacial score (nSPS) is 49.7. The zero-order valence-corrected chi connectivity index (χ0v) is 6.42. The smallest absolute Gasteiger partial charge is 0.374 e. The monoisotopic (exact) mass is 146 g/mol. The van der Waals surface area contributed by atoms with Gasteiger partial charge in [0.05, 0.1) is 12.7 Å². The molecule has 4 heteroatoms. The molecule has 0 aromatic rings. The number of rotatable bonds is 0. The molecule has 2 fully saturated rings. The molecule has 2 aliphatic rings. The molecule has 2 rings (SSSR count). The van der Waals surface area contributed by atoms with Crippen LogP contribution in [-0.4, -0.2) is 28.1 Å². The summed E-state index contributed by atoms with van der Waals surface area (Å²) in [5.41, 5.74) is 0. The van der Waals surface area contributed by atoms with Crippen molar-refractivity contribution in [2.75, 3.05) is 13.2 Å². The number of fused-ring (bicyclic) bond motifs is 2. The molecule has 2 bridgehead atoms. The van der Waals surface area contributed by atoms with Crippen LogP contribution in [0, 0.1) is 0 Å². The van der Waals surface area contributed by atoms with Gasteiger partial charge in [-0.3, -0.25) is 0 Å². The van der Waals surface area contributed by atoms with Crippen LogP contribution < -0.4 is 0 Å². The molecule has 2 heterocycles. The minimum atomic E-state index is -2.04. The van der Waals surface area contributed by atoms with E-state index in [4.69, 9.17) is 13.3 Å². The highest BCUT2D eigenvalue weighted by Gasteiger charge is 2.47. The van der Waals surface area contributed by atoms with Crippen LogP contribution in [0.3, 0.4) is 0 Å². The highest BCUT2D eigenvalue weighted by Crippen LogP contribution is 2.26. The van der Waals surface area contributed by atoms with Crippen LogP contribution >= 0.6 is 0 Å². The number of hydrogen-bond donors (Lipinski definition) is 0. The zero-order valence-electron chi connectivity index (χ0n) is 5.42. The van der Waals surface area contributed by atoms with Crippen molar-refractivity contribution in [3.8, 4) is 0 Å². The molecule has 0 aromatic heterocycles. The molecular weight excluding hydrogens is 136 g/mol. The van der Waals surface area contributed by atoms with Crippen LogP contribution in [-0.2, 0) is 13.3 Å². The lowest BCUT2D eigenvalue weighted by atomic mass is 10.3. The summed E-state index contributed by atoms with van der Waals surface area (Å²) < 4.78 is 16.2. The van der Waals surface area contributed by atoms with E-state index < -0.39 is 8.80 Å². The summed E-state index contributed by atoms with van der Waals surface area (Å²) in [7, 11) is -2.04. The molecule has 0 N–H and O–H groups in total. The molecule has 2 saturated heterocycles. The van der Waals surface area contributed by atoms with Crippen LogP contribution in [0.1, 0.15) is 6.42 Å². The summed E-state index contributed by atoms with van der Waals surface area (Å²) in [4.78, 5) is 0. The molecule has 0 aliphatic carbocycles. The molecular formula is C5H10O3Si. The average molecular weight is 146 g/mol. The van der Waals surface area contributed by atoms with Gasteiger partial charge in [0.15, 0.2) is 0 Å². The quantitative estimate of drug-likeness (QED) is 0.463. The zero-order chi connectivity index (χ0) is 6.32. The van der Waals surface area contributed by atoms with E-state index in [1.54, 1.807) is 0 Å². The minimum Gasteiger partial charge on any atom is -0.374 e. The van der Waals surface area contributed by atoms with E-state index >= 15 is 0 Å². The van der Waals surface area contributed by atoms with Crippen LogP contribution in [0.2, 0.25) is 6.55 Å². The van der Waals surface area contributed by atoms with E-state index in [0.717, 1.165) is 19.6 Å². The predicted octanol–water partition coefficient (Wildman–Crippen LogP) is 0.391. The van der Waals surface area contributed by atoms with Crippen molar-refractivity contribution in [3.05, 3.63) is 0 Å². The third-order valence-electron chi connectivity index (χ3n) is 1.72. The van der Waals surface area contributed by atoms with Gasteiger partial charge < -0.3 is 13.3 Å². The molecule has 2 unspecified atom stereocenters. The maximum absolute atomic E-state index is 5.48. The Bertz CT molecular complexity index is 125. The van der Waals surface area contributed by atoms with Gasteiger partial charge in [-0.2, -0.15) is 0 Å². The van der Waals surface area contributed by atoms with Crippen molar-refractivity contribution >= 4 is 8.80 Å². The fraction of sp³-hybridized carbons (Fsp3) is 1.00. The highest BCUT2D eigenvalue weighted by atomic mass is 28.4. The predicted molar refractivity (Wildman–Crippen MR) is 33.0 cm³/mol. The van der Waals surface area contributed by atoms with Gasteiger partial charge in [0.1, 0.15) is 0 Å². The number of hydrogen-bond acceptors (Lipinski definition) is 3. The second kappa shape index (κ2) is 1.79. The SMILES string of the molecule is C[Si]12OCCC(CO1)O2. The lowest BCUT2D eigenvalue weighted by Gasteiger charge is -2.23. The van der Waals surface area contributed by atoms with Gasteiger partial charge in [0.25, 0.3) is 0 Å². The van der Waals surface area contributed by atoms with Gasteiger partial charge >= 0.3 is 8.80 Å². The molecule has 3 nitrogen and oxygen atoms in total. The summed E-state index contributed by atoms with van der Waals surface area (Å²) >= 11 is 0. The topological polar surface area (TPSA) is 27.7 Å².